The van der Waals surface area contributed by atoms with E-state index in [4.69, 9.17) is 0 Å². The third-order valence-corrected chi connectivity index (χ3v) is 10.4. The van der Waals surface area contributed by atoms with E-state index in [1.165, 1.54) is 0 Å². The van der Waals surface area contributed by atoms with Crippen LogP contribution in [0.4, 0.5) is 0 Å². The van der Waals surface area contributed by atoms with Gasteiger partial charge in [-0.1, -0.05) is 20.8 Å². The third-order valence-electron chi connectivity index (χ3n) is 10.4. The number of allylic oxidation sites excluding steroid dienone is 2. The number of carbonyl (C=O) groups is 3. The zero-order valence-electron chi connectivity index (χ0n) is 19.2. The van der Waals surface area contributed by atoms with Crippen LogP contribution in [-0.4, -0.2) is 17.3 Å². The summed E-state index contributed by atoms with van der Waals surface area (Å²) in [5.74, 6) is 1.74. The Kier molecular flexibility index (Phi) is 4.62. The van der Waals surface area contributed by atoms with Gasteiger partial charge in [-0.2, -0.15) is 0 Å². The molecule has 3 heteroatoms. The van der Waals surface area contributed by atoms with Crippen LogP contribution in [0.3, 0.4) is 0 Å². The molecule has 0 saturated heterocycles. The summed E-state index contributed by atoms with van der Waals surface area (Å²) in [4.78, 5) is 38.0. The van der Waals surface area contributed by atoms with Crippen molar-refractivity contribution in [2.75, 3.05) is 0 Å². The molecule has 0 heterocycles. The minimum absolute atomic E-state index is 0.0217. The van der Waals surface area contributed by atoms with E-state index in [0.717, 1.165) is 44.1 Å². The van der Waals surface area contributed by atoms with E-state index in [9.17, 15) is 14.4 Å². The second kappa shape index (κ2) is 6.37. The maximum absolute atomic E-state index is 13.7. The molecule has 160 valence electrons. The molecule has 4 rings (SSSR count). The van der Waals surface area contributed by atoms with Crippen molar-refractivity contribution >= 4 is 17.3 Å². The van der Waals surface area contributed by atoms with Crippen molar-refractivity contribution in [1.29, 1.82) is 0 Å². The fraction of sp³-hybridized carbons (Fsp3) is 0.808. The van der Waals surface area contributed by atoms with Crippen LogP contribution in [0.1, 0.15) is 92.9 Å². The van der Waals surface area contributed by atoms with Gasteiger partial charge in [-0.25, -0.2) is 0 Å². The van der Waals surface area contributed by atoms with Crippen LogP contribution in [0.15, 0.2) is 11.6 Å². The summed E-state index contributed by atoms with van der Waals surface area (Å²) in [6.45, 7) is 12.9. The molecule has 0 aliphatic heterocycles. The van der Waals surface area contributed by atoms with Crippen LogP contribution in [0, 0.1) is 39.4 Å². The molecule has 3 nitrogen and oxygen atoms in total. The molecule has 0 aromatic rings. The number of hydrogen-bond acceptors (Lipinski definition) is 3. The van der Waals surface area contributed by atoms with Gasteiger partial charge in [-0.15, -0.1) is 0 Å². The molecule has 0 radical (unpaired) electrons. The van der Waals surface area contributed by atoms with E-state index in [1.54, 1.807) is 6.92 Å². The molecule has 6 atom stereocenters. The number of ketones is 3. The summed E-state index contributed by atoms with van der Waals surface area (Å²) >= 11 is 0. The highest BCUT2D eigenvalue weighted by Gasteiger charge is 2.68. The Balaban J connectivity index is 1.75. The number of carbonyl (C=O) groups excluding carboxylic acids is 3. The molecule has 0 bridgehead atoms. The number of fused-ring (bicyclic) bond motifs is 5. The second-order valence-electron chi connectivity index (χ2n) is 11.9. The van der Waals surface area contributed by atoms with Gasteiger partial charge < -0.3 is 4.79 Å². The molecule has 0 aromatic heterocycles. The van der Waals surface area contributed by atoms with Gasteiger partial charge in [0.25, 0.3) is 0 Å². The Hall–Kier alpha value is -1.25. The third kappa shape index (κ3) is 2.64. The van der Waals surface area contributed by atoms with Gasteiger partial charge in [-0.3, -0.25) is 9.59 Å². The van der Waals surface area contributed by atoms with Crippen molar-refractivity contribution in [3.63, 3.8) is 0 Å². The predicted octanol–water partition coefficient (Wildman–Crippen LogP) is 5.71. The van der Waals surface area contributed by atoms with Gasteiger partial charge in [0, 0.05) is 24.2 Å². The van der Waals surface area contributed by atoms with E-state index in [0.29, 0.717) is 24.7 Å². The van der Waals surface area contributed by atoms with Crippen LogP contribution in [0.5, 0.6) is 0 Å². The van der Waals surface area contributed by atoms with E-state index in [1.807, 2.05) is 19.9 Å². The Morgan fingerprint density at radius 2 is 1.69 bits per heavy atom. The van der Waals surface area contributed by atoms with Crippen molar-refractivity contribution in [3.8, 4) is 0 Å². The summed E-state index contributed by atoms with van der Waals surface area (Å²) in [5, 5.41) is 0. The molecule has 4 aliphatic rings. The SMILES string of the molecule is CC(=O)CC[C@H]1CC[C@@]2(C)[C@@H]3C(=O)C=C4[C@@H](CCC(=O)C4(C)C)[C@]3(C)CC[C@]12C. The average Bonchev–Trinajstić information content (AvgIpc) is 2.88. The van der Waals surface area contributed by atoms with Crippen molar-refractivity contribution in [2.24, 2.45) is 39.4 Å². The molecule has 4 aliphatic carbocycles. The summed E-state index contributed by atoms with van der Waals surface area (Å²) < 4.78 is 0. The molecule has 3 saturated carbocycles. The van der Waals surface area contributed by atoms with Gasteiger partial charge in [0.05, 0.1) is 0 Å². The molecule has 0 N–H and O–H groups in total. The Morgan fingerprint density at radius 3 is 2.34 bits per heavy atom. The summed E-state index contributed by atoms with van der Waals surface area (Å²) in [6, 6.07) is 0. The van der Waals surface area contributed by atoms with Crippen molar-refractivity contribution in [3.05, 3.63) is 11.6 Å². The summed E-state index contributed by atoms with van der Waals surface area (Å²) in [7, 11) is 0. The lowest BCUT2D eigenvalue weighted by atomic mass is 9.39. The maximum atomic E-state index is 13.7. The quantitative estimate of drug-likeness (QED) is 0.612. The van der Waals surface area contributed by atoms with Gasteiger partial charge >= 0.3 is 0 Å². The highest BCUT2D eigenvalue weighted by atomic mass is 16.1. The van der Waals surface area contributed by atoms with Crippen LogP contribution < -0.4 is 0 Å². The van der Waals surface area contributed by atoms with E-state index in [-0.39, 0.29) is 39.5 Å². The van der Waals surface area contributed by atoms with Gasteiger partial charge in [0.1, 0.15) is 11.6 Å². The largest absolute Gasteiger partial charge is 0.300 e. The number of Topliss-reactive ketones (excluding diaryl/α,β-unsaturated/α-hetero) is 2. The molecule has 0 amide bonds. The van der Waals surface area contributed by atoms with E-state index in [2.05, 4.69) is 20.8 Å². The zero-order valence-corrected chi connectivity index (χ0v) is 19.2. The van der Waals surface area contributed by atoms with Crippen LogP contribution in [0.25, 0.3) is 0 Å². The summed E-state index contributed by atoms with van der Waals surface area (Å²) in [6.07, 6.45) is 9.45. The van der Waals surface area contributed by atoms with Gasteiger partial charge in [0.2, 0.25) is 0 Å². The van der Waals surface area contributed by atoms with Gasteiger partial charge in [-0.05, 0) is 99.0 Å². The Bertz CT molecular complexity index is 805. The predicted molar refractivity (Wildman–Crippen MR) is 114 cm³/mol. The first kappa shape index (κ1) is 21.0. The molecule has 3 fully saturated rings. The van der Waals surface area contributed by atoms with Crippen molar-refractivity contribution in [1.82, 2.24) is 0 Å². The van der Waals surface area contributed by atoms with Gasteiger partial charge in [0.15, 0.2) is 5.78 Å². The Labute approximate surface area is 176 Å². The highest BCUT2D eigenvalue weighted by Crippen LogP contribution is 2.73. The standard InChI is InChI=1S/C26H38O3/c1-16(27)7-8-17-11-12-26(6)22-20(28)15-19-18(9-10-21(29)23(19,2)3)24(22,4)13-14-25(17,26)5/h15,17-18,22H,7-14H2,1-6H3/t17-,18+,22+,24-,25+,26-/m0/s1. The van der Waals surface area contributed by atoms with E-state index < -0.39 is 5.41 Å². The lowest BCUT2D eigenvalue weighted by molar-refractivity contribution is -0.161. The lowest BCUT2D eigenvalue weighted by Gasteiger charge is -2.64. The summed E-state index contributed by atoms with van der Waals surface area (Å²) in [5.41, 5.74) is 0.646. The fourth-order valence-corrected chi connectivity index (χ4v) is 8.31. The number of rotatable bonds is 3. The molecule has 0 aromatic carbocycles. The van der Waals surface area contributed by atoms with Crippen LogP contribution >= 0.6 is 0 Å². The minimum Gasteiger partial charge on any atom is -0.300 e. The van der Waals surface area contributed by atoms with E-state index >= 15 is 0 Å². The smallest absolute Gasteiger partial charge is 0.159 e. The van der Waals surface area contributed by atoms with Crippen LogP contribution in [-0.2, 0) is 14.4 Å². The monoisotopic (exact) mass is 398 g/mol. The molecular formula is C26H38O3. The van der Waals surface area contributed by atoms with Crippen molar-refractivity contribution in [2.45, 2.75) is 92.9 Å². The maximum Gasteiger partial charge on any atom is 0.159 e. The van der Waals surface area contributed by atoms with Crippen LogP contribution in [0.2, 0.25) is 0 Å². The molecule has 29 heavy (non-hydrogen) atoms. The number of hydrogen-bond donors (Lipinski definition) is 0. The Morgan fingerprint density at radius 1 is 1.00 bits per heavy atom. The lowest BCUT2D eigenvalue weighted by Crippen LogP contribution is -2.61. The minimum atomic E-state index is -0.506. The highest BCUT2D eigenvalue weighted by molar-refractivity contribution is 5.98. The topological polar surface area (TPSA) is 51.2 Å². The fourth-order valence-electron chi connectivity index (χ4n) is 8.31. The normalized spacial score (nSPS) is 45.9. The van der Waals surface area contributed by atoms with Crippen molar-refractivity contribution < 1.29 is 14.4 Å². The average molecular weight is 399 g/mol. The zero-order chi connectivity index (χ0) is 21.4. The first-order valence-corrected chi connectivity index (χ1v) is 11.7. The second-order valence-corrected chi connectivity index (χ2v) is 11.9. The first-order valence-electron chi connectivity index (χ1n) is 11.7. The molecule has 0 unspecified atom stereocenters. The first-order chi connectivity index (χ1) is 13.4. The molecule has 0 spiro atoms. The molecular weight excluding hydrogens is 360 g/mol.